The Morgan fingerprint density at radius 1 is 0.388 bits per heavy atom. The van der Waals surface area contributed by atoms with Crippen molar-refractivity contribution in [1.29, 1.82) is 0 Å². The van der Waals surface area contributed by atoms with Crippen LogP contribution in [0.15, 0.2) is 124 Å². The molecule has 0 N–H and O–H groups in total. The molecule has 0 bridgehead atoms. The highest BCUT2D eigenvalue weighted by atomic mass is 16.5. The van der Waals surface area contributed by atoms with Crippen molar-refractivity contribution in [2.24, 2.45) is 0 Å². The molecule has 4 aliphatic rings. The summed E-state index contributed by atoms with van der Waals surface area (Å²) >= 11 is 0. The molecule has 7 heterocycles. The Hall–Kier alpha value is -6.33. The van der Waals surface area contributed by atoms with Crippen LogP contribution in [0.1, 0.15) is 0 Å². The summed E-state index contributed by atoms with van der Waals surface area (Å²) in [4.78, 5) is 0. The van der Waals surface area contributed by atoms with Crippen molar-refractivity contribution in [2.45, 2.75) is 0 Å². The summed E-state index contributed by atoms with van der Waals surface area (Å²) in [5.74, 6) is 3.42. The largest absolute Gasteiger partial charge is 0.458 e. The molecule has 14 rings (SSSR count). The van der Waals surface area contributed by atoms with Crippen molar-refractivity contribution in [3.05, 3.63) is 115 Å². The van der Waals surface area contributed by atoms with E-state index in [0.717, 1.165) is 77.8 Å². The van der Waals surface area contributed by atoms with Crippen LogP contribution in [0.25, 0.3) is 71.4 Å². The molecule has 0 radical (unpaired) electrons. The average molecular weight is 623 g/mol. The normalized spacial score (nSPS) is 14.4. The lowest BCUT2D eigenvalue weighted by atomic mass is 9.30. The number of hydrogen-bond acceptors (Lipinski definition) is 4. The number of rotatable bonds is 0. The molecule has 49 heavy (non-hydrogen) atoms. The fourth-order valence-electron chi connectivity index (χ4n) is 9.83. The summed E-state index contributed by atoms with van der Waals surface area (Å²) in [7, 11) is 0. The molecule has 0 aliphatic carbocycles. The van der Waals surface area contributed by atoms with Crippen LogP contribution in [0, 0.1) is 0 Å². The minimum absolute atomic E-state index is 0.0291. The van der Waals surface area contributed by atoms with Crippen LogP contribution < -0.4 is 42.3 Å². The molecule has 7 heteroatoms. The number of furan rings is 2. The Morgan fingerprint density at radius 3 is 1.41 bits per heavy atom. The minimum Gasteiger partial charge on any atom is -0.458 e. The molecule has 222 valence electrons. The van der Waals surface area contributed by atoms with E-state index in [1.54, 1.807) is 0 Å². The zero-order valence-corrected chi connectivity index (χ0v) is 25.7. The maximum absolute atomic E-state index is 6.98. The van der Waals surface area contributed by atoms with Gasteiger partial charge in [0, 0.05) is 55.1 Å². The van der Waals surface area contributed by atoms with Crippen LogP contribution >= 0.6 is 0 Å². The fourth-order valence-corrected chi connectivity index (χ4v) is 9.83. The van der Waals surface area contributed by atoms with Gasteiger partial charge in [-0.2, -0.15) is 0 Å². The lowest BCUT2D eigenvalue weighted by molar-refractivity contribution is 0.465. The van der Waals surface area contributed by atoms with Gasteiger partial charge in [-0.1, -0.05) is 72.8 Å². The SMILES string of the molecule is c1ccc2c(c1)oc1cc3c(cc12)Oc1cc2c4c5c1B3c1cccc3c6cccc(c6n-5c13)B4c1cc3oc4ccccc4c3cc1O2. The Bertz CT molecular complexity index is 3050. The first-order valence-corrected chi connectivity index (χ1v) is 16.8. The van der Waals surface area contributed by atoms with Crippen LogP contribution in [-0.4, -0.2) is 18.0 Å². The number of para-hydroxylation sites is 4. The summed E-state index contributed by atoms with van der Waals surface area (Å²) < 4.78 is 29.4. The van der Waals surface area contributed by atoms with E-state index in [1.165, 1.54) is 49.3 Å². The lowest BCUT2D eigenvalue weighted by Gasteiger charge is -2.40. The van der Waals surface area contributed by atoms with Crippen molar-refractivity contribution >= 4 is 112 Å². The summed E-state index contributed by atoms with van der Waals surface area (Å²) in [6.45, 7) is -0.0581. The summed E-state index contributed by atoms with van der Waals surface area (Å²) in [5, 5.41) is 6.84. The maximum Gasteiger partial charge on any atom is 0.256 e. The highest BCUT2D eigenvalue weighted by Gasteiger charge is 2.49. The Balaban J connectivity index is 1.15. The van der Waals surface area contributed by atoms with Gasteiger partial charge in [-0.25, -0.2) is 0 Å². The van der Waals surface area contributed by atoms with Gasteiger partial charge >= 0.3 is 0 Å². The molecule has 0 saturated heterocycles. The number of aromatic nitrogens is 1. The standard InChI is InChI=1S/C42H19B2NO4/c1-3-13-30-20(7-1)24-15-34-28(17-32(24)46-30)43-26-11-5-9-22-23-10-6-12-27-41(23)45(40(22)26)42-38(43)36(48-34)19-37-39(42)44(27)29-18-33-25(16-35(29)49-37)21-8-2-4-14-31(21)47-33/h1-19H. The topological polar surface area (TPSA) is 49.7 Å². The van der Waals surface area contributed by atoms with Gasteiger partial charge in [0.05, 0.1) is 0 Å². The molecule has 10 aromatic rings. The van der Waals surface area contributed by atoms with Gasteiger partial charge in [0.15, 0.2) is 0 Å². The molecule has 0 unspecified atom stereocenters. The monoisotopic (exact) mass is 623 g/mol. The Kier molecular flexibility index (Phi) is 3.75. The second kappa shape index (κ2) is 7.69. The first kappa shape index (κ1) is 23.9. The second-order valence-corrected chi connectivity index (χ2v) is 13.9. The predicted octanol–water partition coefficient (Wildman–Crippen LogP) is 6.45. The number of hydrogen-bond donors (Lipinski definition) is 0. The van der Waals surface area contributed by atoms with Crippen LogP contribution in [0.4, 0.5) is 0 Å². The third-order valence-corrected chi connectivity index (χ3v) is 11.7. The Labute approximate surface area is 278 Å². The third kappa shape index (κ3) is 2.57. The highest BCUT2D eigenvalue weighted by molar-refractivity contribution is 7.03. The van der Waals surface area contributed by atoms with Crippen LogP contribution in [0.2, 0.25) is 0 Å². The second-order valence-electron chi connectivity index (χ2n) is 13.9. The van der Waals surface area contributed by atoms with Gasteiger partial charge in [-0.3, -0.25) is 0 Å². The summed E-state index contributed by atoms with van der Waals surface area (Å²) in [6.07, 6.45) is 0. The summed E-state index contributed by atoms with van der Waals surface area (Å²) in [6, 6.07) is 41.0. The van der Waals surface area contributed by atoms with E-state index in [1.807, 2.05) is 24.3 Å². The van der Waals surface area contributed by atoms with Gasteiger partial charge in [-0.05, 0) is 69.2 Å². The minimum atomic E-state index is -0.0291. The van der Waals surface area contributed by atoms with Crippen LogP contribution in [0.5, 0.6) is 23.0 Å². The Morgan fingerprint density at radius 2 is 0.878 bits per heavy atom. The van der Waals surface area contributed by atoms with Crippen molar-refractivity contribution in [1.82, 2.24) is 4.57 Å². The fraction of sp³-hybridized carbons (Fsp3) is 0. The molecule has 0 amide bonds. The van der Waals surface area contributed by atoms with E-state index >= 15 is 0 Å². The number of ether oxygens (including phenoxy) is 2. The molecule has 5 nitrogen and oxygen atoms in total. The highest BCUT2D eigenvalue weighted by Crippen LogP contribution is 2.44. The zero-order chi connectivity index (χ0) is 31.3. The third-order valence-electron chi connectivity index (χ3n) is 11.7. The molecule has 0 spiro atoms. The molecule has 4 aliphatic heterocycles. The van der Waals surface area contributed by atoms with E-state index in [2.05, 4.69) is 95.6 Å². The van der Waals surface area contributed by atoms with E-state index < -0.39 is 0 Å². The number of nitrogens with zero attached hydrogens (tertiary/aromatic N) is 1. The maximum atomic E-state index is 6.98. The van der Waals surface area contributed by atoms with Crippen molar-refractivity contribution < 1.29 is 18.3 Å². The quantitative estimate of drug-likeness (QED) is 0.182. The molecular formula is C42H19B2NO4. The molecule has 3 aromatic heterocycles. The van der Waals surface area contributed by atoms with Crippen molar-refractivity contribution in [3.8, 4) is 28.7 Å². The molecule has 0 fully saturated rings. The van der Waals surface area contributed by atoms with Gasteiger partial charge < -0.3 is 22.9 Å². The molecular weight excluding hydrogens is 604 g/mol. The van der Waals surface area contributed by atoms with Gasteiger partial charge in [0.25, 0.3) is 13.4 Å². The van der Waals surface area contributed by atoms with Crippen LogP contribution in [-0.2, 0) is 0 Å². The van der Waals surface area contributed by atoms with Crippen molar-refractivity contribution in [2.75, 3.05) is 0 Å². The van der Waals surface area contributed by atoms with E-state index in [4.69, 9.17) is 18.3 Å². The van der Waals surface area contributed by atoms with E-state index in [0.29, 0.717) is 0 Å². The molecule has 7 aromatic carbocycles. The van der Waals surface area contributed by atoms with Crippen molar-refractivity contribution in [3.63, 3.8) is 0 Å². The average Bonchev–Trinajstić information content (AvgIpc) is 3.80. The smallest absolute Gasteiger partial charge is 0.256 e. The van der Waals surface area contributed by atoms with Gasteiger partial charge in [-0.15, -0.1) is 0 Å². The van der Waals surface area contributed by atoms with E-state index in [9.17, 15) is 0 Å². The number of benzene rings is 7. The van der Waals surface area contributed by atoms with Gasteiger partial charge in [0.1, 0.15) is 45.3 Å². The van der Waals surface area contributed by atoms with E-state index in [-0.39, 0.29) is 13.4 Å². The summed E-state index contributed by atoms with van der Waals surface area (Å²) in [5.41, 5.74) is 14.4. The van der Waals surface area contributed by atoms with Crippen LogP contribution in [0.3, 0.4) is 0 Å². The molecule has 0 saturated carbocycles. The molecule has 0 atom stereocenters. The first-order valence-electron chi connectivity index (χ1n) is 16.8. The lowest BCUT2D eigenvalue weighted by Crippen LogP contribution is -2.65. The predicted molar refractivity (Wildman–Crippen MR) is 198 cm³/mol. The van der Waals surface area contributed by atoms with Gasteiger partial charge in [0.2, 0.25) is 0 Å². The first-order chi connectivity index (χ1) is 24.3. The number of fused-ring (bicyclic) bond motifs is 13. The zero-order valence-electron chi connectivity index (χ0n) is 25.7.